The first-order chi connectivity index (χ1) is 8.54. The first-order valence-electron chi connectivity index (χ1n) is 6.09. The van der Waals surface area contributed by atoms with E-state index in [1.54, 1.807) is 0 Å². The van der Waals surface area contributed by atoms with E-state index in [0.717, 1.165) is 22.4 Å². The zero-order valence-electron chi connectivity index (χ0n) is 10.6. The van der Waals surface area contributed by atoms with Crippen molar-refractivity contribution in [2.45, 2.75) is 46.2 Å². The number of hydrogen-bond acceptors (Lipinski definition) is 3. The highest BCUT2D eigenvalue weighted by atomic mass is 79.9. The summed E-state index contributed by atoms with van der Waals surface area (Å²) in [6, 6.07) is 0. The largest absolute Gasteiger partial charge is 0.277 e. The maximum absolute atomic E-state index is 11.8. The fraction of sp³-hybridized carbons (Fsp3) is 0.583. The second kappa shape index (κ2) is 5.22. The molecular formula is C12H16BrN3O2. The molecule has 0 radical (unpaired) electrons. The molecule has 0 N–H and O–H groups in total. The van der Waals surface area contributed by atoms with E-state index in [2.05, 4.69) is 21.0 Å². The van der Waals surface area contributed by atoms with E-state index in [1.165, 1.54) is 4.90 Å². The van der Waals surface area contributed by atoms with Crippen molar-refractivity contribution in [2.75, 3.05) is 0 Å². The summed E-state index contributed by atoms with van der Waals surface area (Å²) in [5.41, 5.74) is 1.77. The van der Waals surface area contributed by atoms with Crippen LogP contribution in [0.25, 0.3) is 0 Å². The molecule has 98 valence electrons. The van der Waals surface area contributed by atoms with E-state index >= 15 is 0 Å². The lowest BCUT2D eigenvalue weighted by Gasteiger charge is -2.25. The molecule has 0 bridgehead atoms. The molecular weight excluding hydrogens is 298 g/mol. The molecule has 0 aliphatic carbocycles. The number of nitrogens with zero attached hydrogens (tertiary/aromatic N) is 3. The number of likely N-dealkylation sites (tertiary alicyclic amines) is 1. The summed E-state index contributed by atoms with van der Waals surface area (Å²) in [5.74, 6) is -0.167. The number of aromatic nitrogens is 2. The topological polar surface area (TPSA) is 55.2 Å². The van der Waals surface area contributed by atoms with E-state index < -0.39 is 0 Å². The number of hydrogen-bond donors (Lipinski definition) is 0. The summed E-state index contributed by atoms with van der Waals surface area (Å²) in [4.78, 5) is 24.9. The predicted molar refractivity (Wildman–Crippen MR) is 69.7 cm³/mol. The van der Waals surface area contributed by atoms with Gasteiger partial charge >= 0.3 is 0 Å². The third-order valence-electron chi connectivity index (χ3n) is 3.14. The molecule has 1 saturated heterocycles. The van der Waals surface area contributed by atoms with E-state index in [-0.39, 0.29) is 11.8 Å². The fourth-order valence-corrected chi connectivity index (χ4v) is 2.56. The number of piperidine rings is 1. The van der Waals surface area contributed by atoms with Crippen molar-refractivity contribution in [1.29, 1.82) is 0 Å². The first-order valence-corrected chi connectivity index (χ1v) is 6.88. The second-order valence-electron chi connectivity index (χ2n) is 4.39. The van der Waals surface area contributed by atoms with Crippen LogP contribution >= 0.6 is 15.9 Å². The Balaban J connectivity index is 2.27. The van der Waals surface area contributed by atoms with Gasteiger partial charge in [0.15, 0.2) is 0 Å². The van der Waals surface area contributed by atoms with Crippen LogP contribution in [-0.4, -0.2) is 26.5 Å². The maximum Gasteiger partial charge on any atom is 0.229 e. The molecule has 18 heavy (non-hydrogen) atoms. The molecule has 1 aliphatic heterocycles. The van der Waals surface area contributed by atoms with Crippen LogP contribution in [0.15, 0.2) is 4.47 Å². The van der Waals surface area contributed by atoms with Gasteiger partial charge in [0.1, 0.15) is 0 Å². The molecule has 2 amide bonds. The quantitative estimate of drug-likeness (QED) is 0.802. The van der Waals surface area contributed by atoms with Crippen LogP contribution in [0, 0.1) is 6.92 Å². The Labute approximate surface area is 114 Å². The van der Waals surface area contributed by atoms with Gasteiger partial charge in [-0.15, -0.1) is 0 Å². The smallest absolute Gasteiger partial charge is 0.229 e. The zero-order valence-corrected chi connectivity index (χ0v) is 12.2. The zero-order chi connectivity index (χ0) is 13.3. The maximum atomic E-state index is 11.8. The van der Waals surface area contributed by atoms with Crippen LogP contribution in [0.4, 0.5) is 0 Å². The highest BCUT2D eigenvalue weighted by Crippen LogP contribution is 2.24. The summed E-state index contributed by atoms with van der Waals surface area (Å²) in [6.07, 6.45) is 1.59. The summed E-state index contributed by atoms with van der Waals surface area (Å²) in [6.45, 7) is 4.92. The van der Waals surface area contributed by atoms with Crippen LogP contribution in [0.2, 0.25) is 0 Å². The van der Waals surface area contributed by atoms with Crippen molar-refractivity contribution in [1.82, 2.24) is 14.7 Å². The minimum atomic E-state index is -0.0837. The summed E-state index contributed by atoms with van der Waals surface area (Å²) in [5, 5.41) is 4.36. The van der Waals surface area contributed by atoms with Gasteiger partial charge in [-0.2, -0.15) is 5.10 Å². The van der Waals surface area contributed by atoms with Crippen LogP contribution in [-0.2, 0) is 22.7 Å². The van der Waals surface area contributed by atoms with Gasteiger partial charge in [0, 0.05) is 19.4 Å². The van der Waals surface area contributed by atoms with Gasteiger partial charge in [0.25, 0.3) is 0 Å². The van der Waals surface area contributed by atoms with E-state index in [1.807, 2.05) is 18.5 Å². The van der Waals surface area contributed by atoms with Gasteiger partial charge in [-0.25, -0.2) is 0 Å². The Morgan fingerprint density at radius 1 is 1.28 bits per heavy atom. The number of imide groups is 1. The van der Waals surface area contributed by atoms with Crippen LogP contribution in [0.3, 0.4) is 0 Å². The summed E-state index contributed by atoms with van der Waals surface area (Å²) in [7, 11) is 0. The lowest BCUT2D eigenvalue weighted by atomic mass is 10.1. The Bertz CT molecular complexity index is 480. The van der Waals surface area contributed by atoms with Crippen molar-refractivity contribution in [3.05, 3.63) is 15.9 Å². The minimum absolute atomic E-state index is 0.0837. The van der Waals surface area contributed by atoms with Crippen molar-refractivity contribution < 1.29 is 9.59 Å². The lowest BCUT2D eigenvalue weighted by Crippen LogP contribution is -2.40. The molecule has 6 heteroatoms. The molecule has 2 heterocycles. The molecule has 0 atom stereocenters. The van der Waals surface area contributed by atoms with Gasteiger partial charge < -0.3 is 0 Å². The fourth-order valence-electron chi connectivity index (χ4n) is 2.15. The monoisotopic (exact) mass is 313 g/mol. The highest BCUT2D eigenvalue weighted by molar-refractivity contribution is 9.10. The molecule has 1 aliphatic rings. The molecule has 0 aromatic carbocycles. The third-order valence-corrected chi connectivity index (χ3v) is 4.18. The van der Waals surface area contributed by atoms with E-state index in [0.29, 0.717) is 25.8 Å². The van der Waals surface area contributed by atoms with Gasteiger partial charge in [-0.05, 0) is 36.2 Å². The number of aryl methyl sites for hydroxylation is 2. The Hall–Kier alpha value is -1.17. The normalized spacial score (nSPS) is 16.5. The Morgan fingerprint density at radius 3 is 2.44 bits per heavy atom. The van der Waals surface area contributed by atoms with E-state index in [9.17, 15) is 9.59 Å². The Kier molecular flexibility index (Phi) is 3.85. The van der Waals surface area contributed by atoms with Gasteiger partial charge in [-0.3, -0.25) is 19.2 Å². The number of rotatable bonds is 3. The first kappa shape index (κ1) is 13.3. The van der Waals surface area contributed by atoms with Crippen molar-refractivity contribution in [3.8, 4) is 0 Å². The standard InChI is InChI=1S/C12H16BrN3O2/c1-3-16-9(12(13)8(2)14-16)7-15-10(17)5-4-6-11(15)18/h3-7H2,1-2H3. The molecule has 1 aromatic heterocycles. The van der Waals surface area contributed by atoms with Crippen LogP contribution < -0.4 is 0 Å². The van der Waals surface area contributed by atoms with Gasteiger partial charge in [0.05, 0.1) is 22.4 Å². The average Bonchev–Trinajstić information content (AvgIpc) is 2.61. The van der Waals surface area contributed by atoms with Crippen molar-refractivity contribution in [3.63, 3.8) is 0 Å². The molecule has 0 spiro atoms. The Morgan fingerprint density at radius 2 is 1.89 bits per heavy atom. The number of amides is 2. The summed E-state index contributed by atoms with van der Waals surface area (Å²) < 4.78 is 2.71. The SMILES string of the molecule is CCn1nc(C)c(Br)c1CN1C(=O)CCCC1=O. The predicted octanol–water partition coefficient (Wildman–Crippen LogP) is 2.01. The average molecular weight is 314 g/mol. The molecule has 1 fully saturated rings. The lowest BCUT2D eigenvalue weighted by molar-refractivity contribution is -0.148. The second-order valence-corrected chi connectivity index (χ2v) is 5.18. The molecule has 0 unspecified atom stereocenters. The van der Waals surface area contributed by atoms with Gasteiger partial charge in [-0.1, -0.05) is 0 Å². The molecule has 0 saturated carbocycles. The van der Waals surface area contributed by atoms with Crippen molar-refractivity contribution in [2.24, 2.45) is 0 Å². The third kappa shape index (κ3) is 2.34. The minimum Gasteiger partial charge on any atom is -0.277 e. The highest BCUT2D eigenvalue weighted by Gasteiger charge is 2.28. The van der Waals surface area contributed by atoms with Gasteiger partial charge in [0.2, 0.25) is 11.8 Å². The number of carbonyl (C=O) groups is 2. The van der Waals surface area contributed by atoms with Crippen LogP contribution in [0.5, 0.6) is 0 Å². The van der Waals surface area contributed by atoms with E-state index in [4.69, 9.17) is 0 Å². The number of carbonyl (C=O) groups excluding carboxylic acids is 2. The molecule has 1 aromatic rings. The van der Waals surface area contributed by atoms with Crippen LogP contribution in [0.1, 0.15) is 37.6 Å². The molecule has 5 nitrogen and oxygen atoms in total. The molecule has 2 rings (SSSR count). The summed E-state index contributed by atoms with van der Waals surface area (Å²) >= 11 is 3.48. The van der Waals surface area contributed by atoms with Crippen molar-refractivity contribution >= 4 is 27.7 Å². The number of halogens is 1.